The molecule has 0 saturated heterocycles. The number of anilines is 1. The molecule has 0 aliphatic rings. The topological polar surface area (TPSA) is 90.3 Å². The third-order valence-electron chi connectivity index (χ3n) is 4.56. The summed E-state index contributed by atoms with van der Waals surface area (Å²) in [6.07, 6.45) is 1.87. The minimum atomic E-state index is -3.35. The summed E-state index contributed by atoms with van der Waals surface area (Å²) in [6, 6.07) is 13.1. The number of sulfonamides is 1. The number of aromatic nitrogens is 2. The summed E-state index contributed by atoms with van der Waals surface area (Å²) < 4.78 is 32.9. The summed E-state index contributed by atoms with van der Waals surface area (Å²) in [5.74, 6) is 0.642. The minimum absolute atomic E-state index is 0.228. The number of ether oxygens (including phenoxy) is 1. The van der Waals surface area contributed by atoms with Gasteiger partial charge >= 0.3 is 5.97 Å². The predicted molar refractivity (Wildman–Crippen MR) is 114 cm³/mol. The second kappa shape index (κ2) is 8.24. The SMILES string of the molecule is CCC(=O)OC(C)c1ccc(-n2c(CC)nc3cc(NS(C)(=O)=O)ccc32)cc1. The molecule has 0 bridgehead atoms. The largest absolute Gasteiger partial charge is 0.458 e. The van der Waals surface area contributed by atoms with Crippen molar-refractivity contribution < 1.29 is 17.9 Å². The number of carbonyl (C=O) groups excluding carboxylic acids is 1. The molecule has 154 valence electrons. The van der Waals surface area contributed by atoms with E-state index in [-0.39, 0.29) is 12.1 Å². The Kier molecular flexibility index (Phi) is 5.93. The molecule has 0 radical (unpaired) electrons. The Morgan fingerprint density at radius 3 is 2.45 bits per heavy atom. The fourth-order valence-electron chi connectivity index (χ4n) is 3.18. The lowest BCUT2D eigenvalue weighted by Crippen LogP contribution is -2.09. The number of nitrogens with one attached hydrogen (secondary N) is 1. The number of imidazole rings is 1. The molecule has 0 amide bonds. The van der Waals surface area contributed by atoms with E-state index >= 15 is 0 Å². The van der Waals surface area contributed by atoms with Crippen molar-refractivity contribution in [1.82, 2.24) is 9.55 Å². The van der Waals surface area contributed by atoms with Gasteiger partial charge in [0.1, 0.15) is 11.9 Å². The van der Waals surface area contributed by atoms with Crippen molar-refractivity contribution in [1.29, 1.82) is 0 Å². The average molecular weight is 416 g/mol. The molecule has 2 aromatic carbocycles. The molecule has 1 atom stereocenters. The Morgan fingerprint density at radius 1 is 1.17 bits per heavy atom. The highest BCUT2D eigenvalue weighted by Gasteiger charge is 2.14. The summed E-state index contributed by atoms with van der Waals surface area (Å²) in [6.45, 7) is 5.64. The number of rotatable bonds is 7. The average Bonchev–Trinajstić information content (AvgIpc) is 3.04. The van der Waals surface area contributed by atoms with Crippen molar-refractivity contribution in [2.24, 2.45) is 0 Å². The van der Waals surface area contributed by atoms with Gasteiger partial charge in [-0.15, -0.1) is 0 Å². The number of carbonyl (C=O) groups is 1. The van der Waals surface area contributed by atoms with Gasteiger partial charge < -0.3 is 4.74 Å². The highest BCUT2D eigenvalue weighted by atomic mass is 32.2. The first kappa shape index (κ1) is 20.9. The molecular weight excluding hydrogens is 390 g/mol. The van der Waals surface area contributed by atoms with Gasteiger partial charge in [-0.1, -0.05) is 26.0 Å². The molecular formula is C21H25N3O4S. The number of esters is 1. The van der Waals surface area contributed by atoms with Crippen molar-refractivity contribution in [3.05, 3.63) is 53.9 Å². The molecule has 0 aliphatic carbocycles. The molecule has 1 unspecified atom stereocenters. The Morgan fingerprint density at radius 2 is 1.86 bits per heavy atom. The van der Waals surface area contributed by atoms with E-state index in [1.165, 1.54) is 0 Å². The summed E-state index contributed by atoms with van der Waals surface area (Å²) in [5.41, 5.74) is 3.93. The molecule has 7 nitrogen and oxygen atoms in total. The van der Waals surface area contributed by atoms with Crippen LogP contribution in [0.3, 0.4) is 0 Å². The predicted octanol–water partition coefficient (Wildman–Crippen LogP) is 3.97. The zero-order valence-electron chi connectivity index (χ0n) is 17.0. The highest BCUT2D eigenvalue weighted by Crippen LogP contribution is 2.26. The number of benzene rings is 2. The smallest absolute Gasteiger partial charge is 0.306 e. The van der Waals surface area contributed by atoms with Crippen molar-refractivity contribution in [2.45, 2.75) is 39.7 Å². The number of nitrogens with zero attached hydrogens (tertiary/aromatic N) is 2. The van der Waals surface area contributed by atoms with Crippen molar-refractivity contribution >= 4 is 32.7 Å². The Hall–Kier alpha value is -2.87. The van der Waals surface area contributed by atoms with Crippen LogP contribution in [-0.2, 0) is 26.0 Å². The Bertz CT molecular complexity index is 1130. The van der Waals surface area contributed by atoms with E-state index in [2.05, 4.69) is 9.71 Å². The van der Waals surface area contributed by atoms with Gasteiger partial charge in [0.15, 0.2) is 0 Å². The maximum absolute atomic E-state index is 11.5. The van der Waals surface area contributed by atoms with Crippen LogP contribution in [0.4, 0.5) is 5.69 Å². The van der Waals surface area contributed by atoms with Gasteiger partial charge in [0, 0.05) is 18.5 Å². The maximum Gasteiger partial charge on any atom is 0.306 e. The maximum atomic E-state index is 11.5. The molecule has 0 saturated carbocycles. The zero-order valence-corrected chi connectivity index (χ0v) is 17.8. The molecule has 0 spiro atoms. The van der Waals surface area contributed by atoms with E-state index in [0.717, 1.165) is 35.3 Å². The minimum Gasteiger partial charge on any atom is -0.458 e. The molecule has 1 aromatic heterocycles. The Balaban J connectivity index is 1.97. The third kappa shape index (κ3) is 4.76. The lowest BCUT2D eigenvalue weighted by atomic mass is 10.1. The molecule has 3 aromatic rings. The summed E-state index contributed by atoms with van der Waals surface area (Å²) in [7, 11) is -3.35. The van der Waals surface area contributed by atoms with Crippen LogP contribution < -0.4 is 4.72 Å². The van der Waals surface area contributed by atoms with Crippen LogP contribution in [-0.4, -0.2) is 30.2 Å². The first-order valence-corrected chi connectivity index (χ1v) is 11.4. The van der Waals surface area contributed by atoms with Gasteiger partial charge in [-0.3, -0.25) is 14.1 Å². The molecule has 1 heterocycles. The van der Waals surface area contributed by atoms with Crippen molar-refractivity contribution in [3.8, 4) is 5.69 Å². The second-order valence-corrected chi connectivity index (χ2v) is 8.62. The zero-order chi connectivity index (χ0) is 21.2. The molecule has 29 heavy (non-hydrogen) atoms. The van der Waals surface area contributed by atoms with Crippen molar-refractivity contribution in [3.63, 3.8) is 0 Å². The first-order chi connectivity index (χ1) is 13.7. The van der Waals surface area contributed by atoms with E-state index in [0.29, 0.717) is 17.6 Å². The lowest BCUT2D eigenvalue weighted by molar-refractivity contribution is -0.148. The van der Waals surface area contributed by atoms with Crippen LogP contribution >= 0.6 is 0 Å². The van der Waals surface area contributed by atoms with Gasteiger partial charge in [0.05, 0.1) is 23.0 Å². The van der Waals surface area contributed by atoms with Gasteiger partial charge in [0.25, 0.3) is 0 Å². The fourth-order valence-corrected chi connectivity index (χ4v) is 3.73. The fraction of sp³-hybridized carbons (Fsp3) is 0.333. The monoisotopic (exact) mass is 415 g/mol. The summed E-state index contributed by atoms with van der Waals surface area (Å²) >= 11 is 0. The van der Waals surface area contributed by atoms with Gasteiger partial charge in [-0.05, 0) is 42.8 Å². The summed E-state index contributed by atoms with van der Waals surface area (Å²) in [5, 5.41) is 0. The number of hydrogen-bond donors (Lipinski definition) is 1. The van der Waals surface area contributed by atoms with Crippen LogP contribution in [0.1, 0.15) is 44.7 Å². The molecule has 1 N–H and O–H groups in total. The van der Waals surface area contributed by atoms with Gasteiger partial charge in [0.2, 0.25) is 10.0 Å². The first-order valence-electron chi connectivity index (χ1n) is 9.50. The van der Waals surface area contributed by atoms with Gasteiger partial charge in [-0.2, -0.15) is 0 Å². The van der Waals surface area contributed by atoms with Crippen LogP contribution in [0.5, 0.6) is 0 Å². The number of fused-ring (bicyclic) bond motifs is 1. The third-order valence-corrected chi connectivity index (χ3v) is 5.17. The van der Waals surface area contributed by atoms with E-state index in [9.17, 15) is 13.2 Å². The molecule has 3 rings (SSSR count). The second-order valence-electron chi connectivity index (χ2n) is 6.87. The standard InChI is InChI=1S/C21H25N3O4S/c1-5-20-22-18-13-16(23-29(4,26)27)9-12-19(18)24(20)17-10-7-15(8-11-17)14(3)28-21(25)6-2/h7-14,23H,5-6H2,1-4H3. The normalized spacial score (nSPS) is 12.7. The molecule has 0 aliphatic heterocycles. The van der Waals surface area contributed by atoms with Crippen LogP contribution in [0.15, 0.2) is 42.5 Å². The van der Waals surface area contributed by atoms with Gasteiger partial charge in [-0.25, -0.2) is 13.4 Å². The quantitative estimate of drug-likeness (QED) is 0.590. The van der Waals surface area contributed by atoms with Crippen molar-refractivity contribution in [2.75, 3.05) is 11.0 Å². The van der Waals surface area contributed by atoms with E-state index in [1.54, 1.807) is 19.1 Å². The van der Waals surface area contributed by atoms with Crippen LogP contribution in [0.25, 0.3) is 16.7 Å². The highest BCUT2D eigenvalue weighted by molar-refractivity contribution is 7.92. The van der Waals surface area contributed by atoms with Crippen LogP contribution in [0, 0.1) is 0 Å². The Labute approximate surface area is 170 Å². The lowest BCUT2D eigenvalue weighted by Gasteiger charge is -2.14. The van der Waals surface area contributed by atoms with E-state index in [1.807, 2.05) is 48.7 Å². The van der Waals surface area contributed by atoms with Crippen LogP contribution in [0.2, 0.25) is 0 Å². The molecule has 0 fully saturated rings. The molecule has 8 heteroatoms. The van der Waals surface area contributed by atoms with E-state index in [4.69, 9.17) is 4.74 Å². The number of hydrogen-bond acceptors (Lipinski definition) is 5. The number of aryl methyl sites for hydroxylation is 1. The van der Waals surface area contributed by atoms with E-state index < -0.39 is 10.0 Å². The summed E-state index contributed by atoms with van der Waals surface area (Å²) in [4.78, 5) is 16.2.